The lowest BCUT2D eigenvalue weighted by molar-refractivity contribution is 0.0771. The molecule has 0 radical (unpaired) electrons. The maximum Gasteiger partial charge on any atom is 0.153 e. The number of anilines is 3. The third-order valence-corrected chi connectivity index (χ3v) is 7.67. The van der Waals surface area contributed by atoms with Gasteiger partial charge < -0.3 is 10.6 Å². The molecule has 1 saturated carbocycles. The van der Waals surface area contributed by atoms with Crippen LogP contribution in [0.1, 0.15) is 44.2 Å². The Bertz CT molecular complexity index is 1180. The highest BCUT2D eigenvalue weighted by Gasteiger charge is 2.43. The van der Waals surface area contributed by atoms with Gasteiger partial charge in [-0.1, -0.05) is 0 Å². The second kappa shape index (κ2) is 8.31. The number of pyridine rings is 2. The Morgan fingerprint density at radius 2 is 1.97 bits per heavy atom. The van der Waals surface area contributed by atoms with Crippen LogP contribution in [0.4, 0.5) is 17.5 Å². The van der Waals surface area contributed by atoms with E-state index in [1.54, 1.807) is 0 Å². The van der Waals surface area contributed by atoms with Gasteiger partial charge in [0.15, 0.2) is 5.82 Å². The van der Waals surface area contributed by atoms with Crippen LogP contribution in [0.25, 0.3) is 10.9 Å². The van der Waals surface area contributed by atoms with Gasteiger partial charge in [-0.3, -0.25) is 15.0 Å². The average Bonchev–Trinajstić information content (AvgIpc) is 3.29. The van der Waals surface area contributed by atoms with Gasteiger partial charge in [-0.25, -0.2) is 4.98 Å². The smallest absolute Gasteiger partial charge is 0.153 e. The zero-order valence-corrected chi connectivity index (χ0v) is 19.0. The Labute approximate surface area is 193 Å². The molecule has 170 valence electrons. The number of hydrogen-bond donors (Lipinski definition) is 3. The Morgan fingerprint density at radius 3 is 2.70 bits per heavy atom. The third kappa shape index (κ3) is 4.02. The van der Waals surface area contributed by atoms with E-state index < -0.39 is 0 Å². The summed E-state index contributed by atoms with van der Waals surface area (Å²) >= 11 is 0. The summed E-state index contributed by atoms with van der Waals surface area (Å²) in [5, 5.41) is 24.5. The Morgan fingerprint density at radius 1 is 1.15 bits per heavy atom. The number of hydrogen-bond acceptors (Lipinski definition) is 7. The molecule has 2 bridgehead atoms. The van der Waals surface area contributed by atoms with Crippen LogP contribution in [-0.4, -0.2) is 49.7 Å². The third-order valence-electron chi connectivity index (χ3n) is 7.67. The van der Waals surface area contributed by atoms with Crippen LogP contribution < -0.4 is 10.6 Å². The molecule has 2 aliphatic heterocycles. The normalized spacial score (nSPS) is 28.9. The predicted octanol–water partition coefficient (Wildman–Crippen LogP) is 4.36. The summed E-state index contributed by atoms with van der Waals surface area (Å²) in [4.78, 5) is 12.2. The quantitative estimate of drug-likeness (QED) is 0.521. The predicted molar refractivity (Wildman–Crippen MR) is 128 cm³/mol. The summed E-state index contributed by atoms with van der Waals surface area (Å²) in [5.74, 6) is 3.40. The van der Waals surface area contributed by atoms with E-state index >= 15 is 0 Å². The minimum Gasteiger partial charge on any atom is -0.367 e. The van der Waals surface area contributed by atoms with E-state index in [9.17, 15) is 0 Å². The first-order valence-corrected chi connectivity index (χ1v) is 12.1. The highest BCUT2D eigenvalue weighted by Crippen LogP contribution is 2.41. The van der Waals surface area contributed by atoms with Crippen molar-refractivity contribution in [3.8, 4) is 6.07 Å². The van der Waals surface area contributed by atoms with Crippen molar-refractivity contribution in [3.63, 3.8) is 0 Å². The fraction of sp³-hybridized carbons (Fsp3) is 0.520. The van der Waals surface area contributed by atoms with E-state index in [1.165, 1.54) is 19.4 Å². The molecular formula is C25H30N8. The van der Waals surface area contributed by atoms with Crippen molar-refractivity contribution in [2.24, 2.45) is 11.8 Å². The van der Waals surface area contributed by atoms with Crippen LogP contribution in [-0.2, 0) is 0 Å². The summed E-state index contributed by atoms with van der Waals surface area (Å²) in [6.07, 6.45) is 8.86. The molecule has 2 saturated heterocycles. The number of H-pyrrole nitrogens is 1. The van der Waals surface area contributed by atoms with E-state index in [-0.39, 0.29) is 0 Å². The van der Waals surface area contributed by atoms with Crippen LogP contribution >= 0.6 is 0 Å². The molecule has 0 amide bonds. The van der Waals surface area contributed by atoms with Crippen molar-refractivity contribution < 1.29 is 0 Å². The molecule has 8 nitrogen and oxygen atoms in total. The molecule has 3 atom stereocenters. The largest absolute Gasteiger partial charge is 0.367 e. The number of piperidine rings is 1. The standard InChI is InChI=1S/C25H30N8/c1-15-7-24(32-31-15)29-23-12-22-21(3-2-6-27-22)25(30-23)28-18-10-19-4-5-20(11-18)33(19)14-17-8-16(9-17)13-26/h2-3,6-7,12,16-20H,4-5,8-11,14H2,1H3,(H3,28,29,30,31,32)/t16-,17-,18-,19-,20+. The van der Waals surface area contributed by atoms with Gasteiger partial charge in [0.25, 0.3) is 0 Å². The van der Waals surface area contributed by atoms with Crippen molar-refractivity contribution in [2.45, 2.75) is 63.6 Å². The monoisotopic (exact) mass is 442 g/mol. The molecule has 8 heteroatoms. The van der Waals surface area contributed by atoms with Gasteiger partial charge in [-0.15, -0.1) is 0 Å². The Kier molecular flexibility index (Phi) is 5.14. The number of aromatic amines is 1. The van der Waals surface area contributed by atoms with Gasteiger partial charge in [0.1, 0.15) is 11.6 Å². The number of rotatable bonds is 6. The summed E-state index contributed by atoms with van der Waals surface area (Å²) < 4.78 is 0. The number of aromatic nitrogens is 4. The Balaban J connectivity index is 1.18. The number of nitrogens with one attached hydrogen (secondary N) is 3. The maximum atomic E-state index is 9.09. The van der Waals surface area contributed by atoms with Crippen molar-refractivity contribution in [1.29, 1.82) is 5.26 Å². The molecule has 0 unspecified atom stereocenters. The van der Waals surface area contributed by atoms with E-state index in [2.05, 4.69) is 42.9 Å². The molecule has 6 rings (SSSR count). The van der Waals surface area contributed by atoms with E-state index in [4.69, 9.17) is 10.2 Å². The van der Waals surface area contributed by atoms with Gasteiger partial charge >= 0.3 is 0 Å². The Hall–Kier alpha value is -3.18. The maximum absolute atomic E-state index is 9.09. The molecule has 3 aromatic heterocycles. The van der Waals surface area contributed by atoms with E-state index in [0.717, 1.165) is 59.7 Å². The van der Waals surface area contributed by atoms with Gasteiger partial charge in [0.2, 0.25) is 0 Å². The minimum atomic E-state index is 0.297. The fourth-order valence-electron chi connectivity index (χ4n) is 6.03. The highest BCUT2D eigenvalue weighted by molar-refractivity contribution is 5.91. The van der Waals surface area contributed by atoms with Gasteiger partial charge in [0.05, 0.1) is 11.6 Å². The lowest BCUT2D eigenvalue weighted by atomic mass is 9.75. The number of nitrogens with zero attached hydrogens (tertiary/aromatic N) is 5. The lowest BCUT2D eigenvalue weighted by Gasteiger charge is -2.43. The number of nitriles is 1. The van der Waals surface area contributed by atoms with Gasteiger partial charge in [0, 0.05) is 60.0 Å². The fourth-order valence-corrected chi connectivity index (χ4v) is 6.03. The first-order valence-electron chi connectivity index (χ1n) is 12.1. The molecule has 33 heavy (non-hydrogen) atoms. The van der Waals surface area contributed by atoms with E-state index in [0.29, 0.717) is 30.0 Å². The van der Waals surface area contributed by atoms with Crippen LogP contribution in [0, 0.1) is 30.1 Å². The molecule has 0 aromatic carbocycles. The molecule has 3 aliphatic rings. The van der Waals surface area contributed by atoms with Crippen LogP contribution in [0.5, 0.6) is 0 Å². The van der Waals surface area contributed by atoms with Crippen LogP contribution in [0.2, 0.25) is 0 Å². The zero-order chi connectivity index (χ0) is 22.4. The van der Waals surface area contributed by atoms with Crippen molar-refractivity contribution in [2.75, 3.05) is 17.2 Å². The summed E-state index contributed by atoms with van der Waals surface area (Å²) in [5.41, 5.74) is 1.92. The van der Waals surface area contributed by atoms with Gasteiger partial charge in [-0.05, 0) is 63.5 Å². The second-order valence-electron chi connectivity index (χ2n) is 10.0. The summed E-state index contributed by atoms with van der Waals surface area (Å²) in [6, 6.07) is 12.1. The molecule has 0 spiro atoms. The molecular weight excluding hydrogens is 412 g/mol. The van der Waals surface area contributed by atoms with Crippen molar-refractivity contribution >= 4 is 28.4 Å². The first-order chi connectivity index (χ1) is 16.1. The van der Waals surface area contributed by atoms with Crippen LogP contribution in [0.3, 0.4) is 0 Å². The van der Waals surface area contributed by atoms with Crippen LogP contribution in [0.15, 0.2) is 30.5 Å². The average molecular weight is 443 g/mol. The SMILES string of the molecule is Cc1cc(Nc2cc3ncccc3c(N[C@@H]3C[C@H]4CC[C@@H](C3)N4C[C@H]3C[C@H](C#N)C3)n2)n[nH]1. The second-order valence-corrected chi connectivity index (χ2v) is 10.0. The molecule has 3 fully saturated rings. The molecule has 5 heterocycles. The topological polar surface area (TPSA) is 106 Å². The van der Waals surface area contributed by atoms with E-state index in [1.807, 2.05) is 31.3 Å². The molecule has 3 aromatic rings. The van der Waals surface area contributed by atoms with Crippen molar-refractivity contribution in [1.82, 2.24) is 25.1 Å². The van der Waals surface area contributed by atoms with Gasteiger partial charge in [-0.2, -0.15) is 10.4 Å². The zero-order valence-electron chi connectivity index (χ0n) is 19.0. The number of fused-ring (bicyclic) bond motifs is 3. The summed E-state index contributed by atoms with van der Waals surface area (Å²) in [7, 11) is 0. The first kappa shape index (κ1) is 20.4. The minimum absolute atomic E-state index is 0.297. The van der Waals surface area contributed by atoms with Crippen molar-refractivity contribution in [3.05, 3.63) is 36.2 Å². The highest BCUT2D eigenvalue weighted by atomic mass is 15.2. The molecule has 3 N–H and O–H groups in total. The molecule has 1 aliphatic carbocycles. The summed E-state index contributed by atoms with van der Waals surface area (Å²) in [6.45, 7) is 3.15. The lowest BCUT2D eigenvalue weighted by Crippen LogP contribution is -2.50. The number of aryl methyl sites for hydroxylation is 1.